The normalized spacial score (nSPS) is 23.2. The predicted molar refractivity (Wildman–Crippen MR) is 98.8 cm³/mol. The number of aliphatic hydroxyl groups is 1. The maximum absolute atomic E-state index is 12.5. The molecular weight excluding hydrogens is 380 g/mol. The van der Waals surface area contributed by atoms with Gasteiger partial charge in [-0.2, -0.15) is 0 Å². The van der Waals surface area contributed by atoms with Gasteiger partial charge in [0.1, 0.15) is 12.7 Å². The Hall–Kier alpha value is -3.23. The highest BCUT2D eigenvalue weighted by Crippen LogP contribution is 2.27. The summed E-state index contributed by atoms with van der Waals surface area (Å²) in [6.07, 6.45) is -5.03. The highest BCUT2D eigenvalue weighted by atomic mass is 16.7. The zero-order valence-electron chi connectivity index (χ0n) is 15.6. The van der Waals surface area contributed by atoms with Crippen LogP contribution >= 0.6 is 0 Å². The van der Waals surface area contributed by atoms with Crippen molar-refractivity contribution in [1.82, 2.24) is 0 Å². The van der Waals surface area contributed by atoms with E-state index in [0.29, 0.717) is 0 Å². The van der Waals surface area contributed by atoms with Crippen LogP contribution in [0.1, 0.15) is 27.6 Å². The van der Waals surface area contributed by atoms with E-state index in [2.05, 4.69) is 0 Å². The fourth-order valence-corrected chi connectivity index (χ4v) is 2.84. The van der Waals surface area contributed by atoms with Crippen LogP contribution in [-0.2, 0) is 23.7 Å². The number of esters is 3. The first-order valence-corrected chi connectivity index (χ1v) is 8.94. The van der Waals surface area contributed by atoms with E-state index < -0.39 is 42.5 Å². The second kappa shape index (κ2) is 9.31. The van der Waals surface area contributed by atoms with Gasteiger partial charge in [-0.05, 0) is 24.3 Å². The van der Waals surface area contributed by atoms with Crippen LogP contribution in [-0.4, -0.2) is 54.2 Å². The molecule has 1 N–H and O–H groups in total. The Morgan fingerprint density at radius 2 is 1.34 bits per heavy atom. The first-order chi connectivity index (χ1) is 14.0. The molecule has 1 fully saturated rings. The van der Waals surface area contributed by atoms with E-state index in [1.807, 2.05) is 0 Å². The lowest BCUT2D eigenvalue weighted by molar-refractivity contribution is -0.155. The number of ether oxygens (including phenoxy) is 4. The van der Waals surface area contributed by atoms with Gasteiger partial charge < -0.3 is 24.1 Å². The molecule has 0 bridgehead atoms. The van der Waals surface area contributed by atoms with Crippen LogP contribution in [0.2, 0.25) is 0 Å². The van der Waals surface area contributed by atoms with Gasteiger partial charge in [-0.25, -0.2) is 9.59 Å². The van der Waals surface area contributed by atoms with Crippen molar-refractivity contribution in [3.8, 4) is 0 Å². The molecule has 0 aliphatic carbocycles. The van der Waals surface area contributed by atoms with E-state index in [1.54, 1.807) is 60.7 Å². The fraction of sp³-hybridized carbons (Fsp3) is 0.286. The van der Waals surface area contributed by atoms with Crippen LogP contribution in [0.15, 0.2) is 60.7 Å². The Morgan fingerprint density at radius 1 is 0.862 bits per heavy atom. The van der Waals surface area contributed by atoms with Gasteiger partial charge in [0.15, 0.2) is 18.5 Å². The van der Waals surface area contributed by atoms with Crippen LogP contribution in [0.5, 0.6) is 0 Å². The third kappa shape index (κ3) is 5.18. The van der Waals surface area contributed by atoms with Gasteiger partial charge in [0.05, 0.1) is 11.1 Å². The molecule has 152 valence electrons. The van der Waals surface area contributed by atoms with Crippen molar-refractivity contribution in [3.63, 3.8) is 0 Å². The molecule has 3 rings (SSSR count). The standard InChI is InChI=1S/C21H20O8/c1-13(22)26-12-16-17(28-19(23)14-8-4-2-5-9-14)18(21(25)27-16)29-20(24)15-10-6-3-7-11-15/h2-11,16-18,21,25H,12H2,1H3. The van der Waals surface area contributed by atoms with Crippen molar-refractivity contribution in [1.29, 1.82) is 0 Å². The molecule has 29 heavy (non-hydrogen) atoms. The molecule has 4 unspecified atom stereocenters. The molecule has 1 saturated heterocycles. The van der Waals surface area contributed by atoms with Crippen LogP contribution < -0.4 is 0 Å². The Bertz CT molecular complexity index is 851. The van der Waals surface area contributed by atoms with E-state index in [1.165, 1.54) is 6.92 Å². The SMILES string of the molecule is CC(=O)OCC1OC(O)C(OC(=O)c2ccccc2)C1OC(=O)c1ccccc1. The van der Waals surface area contributed by atoms with Crippen molar-refractivity contribution >= 4 is 17.9 Å². The van der Waals surface area contributed by atoms with Crippen molar-refractivity contribution in [3.05, 3.63) is 71.8 Å². The van der Waals surface area contributed by atoms with E-state index >= 15 is 0 Å². The quantitative estimate of drug-likeness (QED) is 0.577. The zero-order valence-corrected chi connectivity index (χ0v) is 15.6. The lowest BCUT2D eigenvalue weighted by Gasteiger charge is -2.23. The highest BCUT2D eigenvalue weighted by molar-refractivity contribution is 5.90. The molecule has 8 nitrogen and oxygen atoms in total. The third-order valence-electron chi connectivity index (χ3n) is 4.24. The summed E-state index contributed by atoms with van der Waals surface area (Å²) in [5, 5.41) is 10.2. The molecule has 0 saturated carbocycles. The maximum atomic E-state index is 12.5. The minimum atomic E-state index is -1.56. The Kier molecular flexibility index (Phi) is 6.58. The van der Waals surface area contributed by atoms with Crippen molar-refractivity contribution < 1.29 is 38.4 Å². The summed E-state index contributed by atoms with van der Waals surface area (Å²) in [4.78, 5) is 36.0. The number of hydrogen-bond donors (Lipinski definition) is 1. The first-order valence-electron chi connectivity index (χ1n) is 8.94. The Balaban J connectivity index is 1.78. The van der Waals surface area contributed by atoms with Crippen molar-refractivity contribution in [2.24, 2.45) is 0 Å². The molecule has 0 spiro atoms. The summed E-state index contributed by atoms with van der Waals surface area (Å²) >= 11 is 0. The summed E-state index contributed by atoms with van der Waals surface area (Å²) in [6, 6.07) is 16.3. The van der Waals surface area contributed by atoms with Gasteiger partial charge in [0.2, 0.25) is 0 Å². The summed E-state index contributed by atoms with van der Waals surface area (Å²) in [5.74, 6) is -1.98. The van der Waals surface area contributed by atoms with Gasteiger partial charge in [-0.1, -0.05) is 36.4 Å². The third-order valence-corrected chi connectivity index (χ3v) is 4.24. The molecule has 1 aliphatic heterocycles. The Labute approximate surface area is 167 Å². The average molecular weight is 400 g/mol. The van der Waals surface area contributed by atoms with Gasteiger partial charge in [0, 0.05) is 6.92 Å². The maximum Gasteiger partial charge on any atom is 0.338 e. The monoisotopic (exact) mass is 400 g/mol. The lowest BCUT2D eigenvalue weighted by atomic mass is 10.1. The zero-order chi connectivity index (χ0) is 20.8. The van der Waals surface area contributed by atoms with Gasteiger partial charge in [-0.3, -0.25) is 4.79 Å². The van der Waals surface area contributed by atoms with Crippen LogP contribution in [0.3, 0.4) is 0 Å². The van der Waals surface area contributed by atoms with Crippen LogP contribution in [0.4, 0.5) is 0 Å². The average Bonchev–Trinajstić information content (AvgIpc) is 3.02. The summed E-state index contributed by atoms with van der Waals surface area (Å²) in [7, 11) is 0. The number of carbonyl (C=O) groups is 3. The second-order valence-electron chi connectivity index (χ2n) is 6.34. The molecule has 4 atom stereocenters. The van der Waals surface area contributed by atoms with Crippen molar-refractivity contribution in [2.75, 3.05) is 6.61 Å². The second-order valence-corrected chi connectivity index (χ2v) is 6.34. The van der Waals surface area contributed by atoms with Crippen LogP contribution in [0.25, 0.3) is 0 Å². The topological polar surface area (TPSA) is 108 Å². The molecule has 2 aromatic carbocycles. The molecule has 1 heterocycles. The summed E-state index contributed by atoms with van der Waals surface area (Å²) in [5.41, 5.74) is 0.532. The van der Waals surface area contributed by atoms with Gasteiger partial charge in [0.25, 0.3) is 0 Å². The minimum Gasteiger partial charge on any atom is -0.463 e. The van der Waals surface area contributed by atoms with E-state index in [4.69, 9.17) is 18.9 Å². The number of hydrogen-bond acceptors (Lipinski definition) is 8. The molecule has 0 amide bonds. The summed E-state index contributed by atoms with van der Waals surface area (Å²) < 4.78 is 21.1. The molecule has 0 aromatic heterocycles. The van der Waals surface area contributed by atoms with Gasteiger partial charge >= 0.3 is 17.9 Å². The molecule has 8 heteroatoms. The first kappa shape index (κ1) is 20.5. The van der Waals surface area contributed by atoms with E-state index in [9.17, 15) is 19.5 Å². The van der Waals surface area contributed by atoms with Crippen LogP contribution in [0, 0.1) is 0 Å². The number of benzene rings is 2. The molecular formula is C21H20O8. The Morgan fingerprint density at radius 3 is 1.83 bits per heavy atom. The predicted octanol–water partition coefficient (Wildman–Crippen LogP) is 1.72. The number of aliphatic hydroxyl groups excluding tert-OH is 1. The number of rotatable bonds is 6. The summed E-state index contributed by atoms with van der Waals surface area (Å²) in [6.45, 7) is 0.932. The fourth-order valence-electron chi connectivity index (χ4n) is 2.84. The van der Waals surface area contributed by atoms with Crippen molar-refractivity contribution in [2.45, 2.75) is 31.5 Å². The van der Waals surface area contributed by atoms with E-state index in [-0.39, 0.29) is 17.7 Å². The number of carbonyl (C=O) groups excluding carboxylic acids is 3. The molecule has 2 aromatic rings. The highest BCUT2D eigenvalue weighted by Gasteiger charge is 2.49. The largest absolute Gasteiger partial charge is 0.463 e. The minimum absolute atomic E-state index is 0.260. The van der Waals surface area contributed by atoms with E-state index in [0.717, 1.165) is 0 Å². The molecule has 1 aliphatic rings. The molecule has 0 radical (unpaired) electrons. The van der Waals surface area contributed by atoms with Gasteiger partial charge in [-0.15, -0.1) is 0 Å². The lowest BCUT2D eigenvalue weighted by Crippen LogP contribution is -2.41. The smallest absolute Gasteiger partial charge is 0.338 e.